The highest BCUT2D eigenvalue weighted by Crippen LogP contribution is 2.19. The number of nitro groups is 1. The number of ketones is 1. The molecule has 0 aliphatic heterocycles. The number of hydrogen-bond donors (Lipinski definition) is 0. The van der Waals surface area contributed by atoms with Crippen LogP contribution in [0.4, 0.5) is 5.88 Å². The molecule has 1 heterocycles. The first-order valence-corrected chi connectivity index (χ1v) is 5.99. The van der Waals surface area contributed by atoms with Crippen molar-refractivity contribution in [2.75, 3.05) is 0 Å². The molecule has 0 aliphatic rings. The molecule has 1 aromatic carbocycles. The topological polar surface area (TPSA) is 73.3 Å². The number of furan rings is 1. The molecule has 0 unspecified atom stereocenters. The van der Waals surface area contributed by atoms with Crippen LogP contribution >= 0.6 is 0 Å². The normalized spacial score (nSPS) is 10.4. The van der Waals surface area contributed by atoms with Gasteiger partial charge in [0.15, 0.2) is 5.76 Å². The molecule has 0 radical (unpaired) electrons. The Kier molecular flexibility index (Phi) is 3.75. The fraction of sp³-hybridized carbons (Fsp3) is 0.214. The lowest BCUT2D eigenvalue weighted by molar-refractivity contribution is -0.402. The van der Waals surface area contributed by atoms with Gasteiger partial charge in [0.2, 0.25) is 5.78 Å². The van der Waals surface area contributed by atoms with Gasteiger partial charge in [0.1, 0.15) is 4.92 Å². The summed E-state index contributed by atoms with van der Waals surface area (Å²) >= 11 is 0. The maximum absolute atomic E-state index is 12.0. The predicted molar refractivity (Wildman–Crippen MR) is 69.2 cm³/mol. The number of rotatable bonds is 5. The zero-order valence-electron chi connectivity index (χ0n) is 10.5. The summed E-state index contributed by atoms with van der Waals surface area (Å²) in [6, 6.07) is 9.69. The summed E-state index contributed by atoms with van der Waals surface area (Å²) in [4.78, 5) is 21.9. The Bertz CT molecular complexity index is 598. The fourth-order valence-electron chi connectivity index (χ4n) is 1.80. The van der Waals surface area contributed by atoms with Gasteiger partial charge >= 0.3 is 5.88 Å². The van der Waals surface area contributed by atoms with Crippen LogP contribution < -0.4 is 0 Å². The lowest BCUT2D eigenvalue weighted by Crippen LogP contribution is -1.99. The molecule has 0 amide bonds. The van der Waals surface area contributed by atoms with E-state index in [1.54, 1.807) is 12.1 Å². The minimum atomic E-state index is -0.666. The van der Waals surface area contributed by atoms with Crippen molar-refractivity contribution in [1.82, 2.24) is 0 Å². The highest BCUT2D eigenvalue weighted by Gasteiger charge is 2.18. The van der Waals surface area contributed by atoms with Crippen molar-refractivity contribution >= 4 is 11.7 Å². The van der Waals surface area contributed by atoms with Gasteiger partial charge in [-0.2, -0.15) is 0 Å². The van der Waals surface area contributed by atoms with E-state index >= 15 is 0 Å². The summed E-state index contributed by atoms with van der Waals surface area (Å²) < 4.78 is 4.89. The minimum Gasteiger partial charge on any atom is -0.397 e. The van der Waals surface area contributed by atoms with Gasteiger partial charge in [-0.15, -0.1) is 0 Å². The lowest BCUT2D eigenvalue weighted by Gasteiger charge is -2.00. The molecule has 5 nitrogen and oxygen atoms in total. The van der Waals surface area contributed by atoms with Crippen LogP contribution in [0, 0.1) is 10.1 Å². The van der Waals surface area contributed by atoms with Crippen LogP contribution in [-0.2, 0) is 6.42 Å². The Morgan fingerprint density at radius 1 is 1.21 bits per heavy atom. The minimum absolute atomic E-state index is 0.0186. The van der Waals surface area contributed by atoms with Crippen LogP contribution in [0.5, 0.6) is 0 Å². The second kappa shape index (κ2) is 5.48. The summed E-state index contributed by atoms with van der Waals surface area (Å²) in [6.45, 7) is 2.08. The van der Waals surface area contributed by atoms with Crippen molar-refractivity contribution in [2.24, 2.45) is 0 Å². The molecule has 0 saturated heterocycles. The Morgan fingerprint density at radius 2 is 1.89 bits per heavy atom. The maximum Gasteiger partial charge on any atom is 0.433 e. The molecule has 98 valence electrons. The van der Waals surface area contributed by atoms with Gasteiger partial charge in [-0.1, -0.05) is 37.6 Å². The Labute approximate surface area is 110 Å². The van der Waals surface area contributed by atoms with Gasteiger partial charge in [0.05, 0.1) is 6.07 Å². The van der Waals surface area contributed by atoms with Crippen LogP contribution in [0.3, 0.4) is 0 Å². The molecule has 2 rings (SSSR count). The third kappa shape index (κ3) is 2.88. The standard InChI is InChI=1S/C14H13NO4/c1-2-3-10-4-6-11(7-5-10)14(16)12-8-9-13(19-12)15(17)18/h4-9H,2-3H2,1H3. The van der Waals surface area contributed by atoms with Crippen LogP contribution in [0.25, 0.3) is 0 Å². The molecule has 0 atom stereocenters. The van der Waals surface area contributed by atoms with E-state index in [0.29, 0.717) is 5.56 Å². The van der Waals surface area contributed by atoms with Crippen molar-refractivity contribution in [2.45, 2.75) is 19.8 Å². The zero-order valence-corrected chi connectivity index (χ0v) is 10.5. The van der Waals surface area contributed by atoms with E-state index in [9.17, 15) is 14.9 Å². The van der Waals surface area contributed by atoms with E-state index < -0.39 is 10.8 Å². The van der Waals surface area contributed by atoms with Gasteiger partial charge in [-0.3, -0.25) is 14.9 Å². The number of carbonyl (C=O) groups is 1. The molecular formula is C14H13NO4. The summed E-state index contributed by atoms with van der Waals surface area (Å²) in [5, 5.41) is 10.5. The quantitative estimate of drug-likeness (QED) is 0.468. The van der Waals surface area contributed by atoms with E-state index in [2.05, 4.69) is 6.92 Å². The first-order valence-electron chi connectivity index (χ1n) is 5.99. The highest BCUT2D eigenvalue weighted by molar-refractivity contribution is 6.07. The smallest absolute Gasteiger partial charge is 0.397 e. The molecular weight excluding hydrogens is 246 g/mol. The monoisotopic (exact) mass is 259 g/mol. The van der Waals surface area contributed by atoms with Crippen molar-refractivity contribution in [3.8, 4) is 0 Å². The van der Waals surface area contributed by atoms with E-state index in [0.717, 1.165) is 18.4 Å². The summed E-state index contributed by atoms with van der Waals surface area (Å²) in [5.41, 5.74) is 1.62. The van der Waals surface area contributed by atoms with Crippen molar-refractivity contribution in [1.29, 1.82) is 0 Å². The highest BCUT2D eigenvalue weighted by atomic mass is 16.6. The lowest BCUT2D eigenvalue weighted by atomic mass is 10.0. The van der Waals surface area contributed by atoms with Gasteiger partial charge < -0.3 is 4.42 Å². The Balaban J connectivity index is 2.20. The summed E-state index contributed by atoms with van der Waals surface area (Å²) in [7, 11) is 0. The van der Waals surface area contributed by atoms with Crippen molar-refractivity contribution < 1.29 is 14.1 Å². The number of nitrogens with zero attached hydrogens (tertiary/aromatic N) is 1. The van der Waals surface area contributed by atoms with Crippen molar-refractivity contribution in [3.05, 3.63) is 63.4 Å². The van der Waals surface area contributed by atoms with E-state index in [1.807, 2.05) is 12.1 Å². The molecule has 2 aromatic rings. The second-order valence-electron chi connectivity index (χ2n) is 4.17. The first-order chi connectivity index (χ1) is 9.11. The number of carbonyl (C=O) groups excluding carboxylic acids is 1. The predicted octanol–water partition coefficient (Wildman–Crippen LogP) is 3.37. The summed E-state index contributed by atoms with van der Waals surface area (Å²) in [6.07, 6.45) is 2.00. The molecule has 0 aliphatic carbocycles. The molecule has 0 fully saturated rings. The number of benzene rings is 1. The second-order valence-corrected chi connectivity index (χ2v) is 4.17. The van der Waals surface area contributed by atoms with Crippen LogP contribution in [0.1, 0.15) is 35.0 Å². The van der Waals surface area contributed by atoms with Gasteiger partial charge in [0, 0.05) is 5.56 Å². The number of hydrogen-bond acceptors (Lipinski definition) is 4. The van der Waals surface area contributed by atoms with Crippen molar-refractivity contribution in [3.63, 3.8) is 0 Å². The largest absolute Gasteiger partial charge is 0.433 e. The summed E-state index contributed by atoms with van der Waals surface area (Å²) in [5.74, 6) is -0.794. The first kappa shape index (κ1) is 13.0. The third-order valence-corrected chi connectivity index (χ3v) is 2.75. The van der Waals surface area contributed by atoms with E-state index in [1.165, 1.54) is 12.1 Å². The molecule has 0 spiro atoms. The number of aryl methyl sites for hydroxylation is 1. The molecule has 1 aromatic heterocycles. The molecule has 5 heteroatoms. The average Bonchev–Trinajstić information content (AvgIpc) is 2.89. The van der Waals surface area contributed by atoms with Crippen LogP contribution in [-0.4, -0.2) is 10.7 Å². The van der Waals surface area contributed by atoms with E-state index in [-0.39, 0.29) is 11.5 Å². The zero-order chi connectivity index (χ0) is 13.8. The molecule has 0 bridgehead atoms. The van der Waals surface area contributed by atoms with Gasteiger partial charge in [-0.25, -0.2) is 0 Å². The van der Waals surface area contributed by atoms with Gasteiger partial charge in [0.25, 0.3) is 0 Å². The maximum atomic E-state index is 12.0. The van der Waals surface area contributed by atoms with E-state index in [4.69, 9.17) is 4.42 Å². The van der Waals surface area contributed by atoms with Gasteiger partial charge in [-0.05, 0) is 18.1 Å². The van der Waals surface area contributed by atoms with Crippen LogP contribution in [0.2, 0.25) is 0 Å². The molecule has 0 N–H and O–H groups in total. The third-order valence-electron chi connectivity index (χ3n) is 2.75. The Hall–Kier alpha value is -2.43. The molecule has 19 heavy (non-hydrogen) atoms. The van der Waals surface area contributed by atoms with Crippen LogP contribution in [0.15, 0.2) is 40.8 Å². The Morgan fingerprint density at radius 3 is 2.42 bits per heavy atom. The molecule has 0 saturated carbocycles. The fourth-order valence-corrected chi connectivity index (χ4v) is 1.80. The average molecular weight is 259 g/mol. The SMILES string of the molecule is CCCc1ccc(C(=O)c2ccc([N+](=O)[O-])o2)cc1.